The Morgan fingerprint density at radius 1 is 0.783 bits per heavy atom. The predicted molar refractivity (Wildman–Crippen MR) is 92.5 cm³/mol. The van der Waals surface area contributed by atoms with Crippen LogP contribution in [0.15, 0.2) is 41.2 Å². The molecule has 0 bridgehead atoms. The molecule has 1 heterocycles. The Balaban J connectivity index is 2.22. The van der Waals surface area contributed by atoms with Gasteiger partial charge in [-0.05, 0) is 51.0 Å². The van der Waals surface area contributed by atoms with E-state index < -0.39 is 0 Å². The summed E-state index contributed by atoms with van der Waals surface area (Å²) in [6, 6.07) is 12.2. The van der Waals surface area contributed by atoms with Crippen LogP contribution in [0.1, 0.15) is 22.3 Å². The average molecular weight is 305 g/mol. The molecule has 1 aromatic heterocycles. The molecular formula is C19H19N3O. The van der Waals surface area contributed by atoms with Crippen molar-refractivity contribution >= 4 is 0 Å². The Hall–Kier alpha value is -2.75. The molecule has 0 aliphatic heterocycles. The summed E-state index contributed by atoms with van der Waals surface area (Å²) in [5, 5.41) is 0. The zero-order valence-corrected chi connectivity index (χ0v) is 13.8. The largest absolute Gasteiger partial charge is 0.348 e. The van der Waals surface area contributed by atoms with Gasteiger partial charge in [0.2, 0.25) is 0 Å². The highest BCUT2D eigenvalue weighted by Gasteiger charge is 2.11. The standard InChI is InChI=1S/C19H19N3O/c1-11-5-7-13(3)15(9-11)17-20-18(22-19(23)21-17)16-10-12(2)6-8-14(16)4/h5-10H,1-4H3,(H,20,21,22,23). The second kappa shape index (κ2) is 5.80. The molecule has 0 saturated heterocycles. The van der Waals surface area contributed by atoms with Gasteiger partial charge in [-0.2, -0.15) is 4.98 Å². The van der Waals surface area contributed by atoms with Crippen LogP contribution in [-0.4, -0.2) is 15.0 Å². The van der Waals surface area contributed by atoms with Crippen LogP contribution < -0.4 is 5.69 Å². The van der Waals surface area contributed by atoms with E-state index in [-0.39, 0.29) is 5.69 Å². The molecule has 0 saturated carbocycles. The number of aromatic nitrogens is 3. The topological polar surface area (TPSA) is 58.6 Å². The van der Waals surface area contributed by atoms with Crippen molar-refractivity contribution in [1.29, 1.82) is 0 Å². The predicted octanol–water partition coefficient (Wildman–Crippen LogP) is 3.73. The number of H-pyrrole nitrogens is 1. The Bertz CT molecular complexity index is 869. The molecule has 2 aromatic carbocycles. The van der Waals surface area contributed by atoms with Gasteiger partial charge in [0.15, 0.2) is 5.82 Å². The van der Waals surface area contributed by atoms with Crippen molar-refractivity contribution in [3.05, 3.63) is 69.1 Å². The van der Waals surface area contributed by atoms with E-state index >= 15 is 0 Å². The zero-order valence-electron chi connectivity index (χ0n) is 13.8. The van der Waals surface area contributed by atoms with Crippen molar-refractivity contribution in [2.75, 3.05) is 0 Å². The molecule has 0 atom stereocenters. The maximum Gasteiger partial charge on any atom is 0.348 e. The molecule has 3 rings (SSSR count). The second-order valence-corrected chi connectivity index (χ2v) is 5.96. The third-order valence-corrected chi connectivity index (χ3v) is 3.93. The first-order valence-electron chi connectivity index (χ1n) is 7.57. The highest BCUT2D eigenvalue weighted by molar-refractivity contribution is 5.66. The molecule has 4 heteroatoms. The number of aryl methyl sites for hydroxylation is 4. The van der Waals surface area contributed by atoms with Crippen LogP contribution in [0.5, 0.6) is 0 Å². The summed E-state index contributed by atoms with van der Waals surface area (Å²) in [5.74, 6) is 1.02. The third kappa shape index (κ3) is 3.06. The molecule has 0 spiro atoms. The van der Waals surface area contributed by atoms with Gasteiger partial charge in [0.1, 0.15) is 5.82 Å². The van der Waals surface area contributed by atoms with Crippen LogP contribution in [0.2, 0.25) is 0 Å². The van der Waals surface area contributed by atoms with E-state index in [9.17, 15) is 4.79 Å². The average Bonchev–Trinajstić information content (AvgIpc) is 2.51. The molecule has 3 aromatic rings. The number of nitrogens with one attached hydrogen (secondary N) is 1. The molecule has 116 valence electrons. The summed E-state index contributed by atoms with van der Waals surface area (Å²) in [6.45, 7) is 8.04. The Morgan fingerprint density at radius 3 is 2.00 bits per heavy atom. The molecule has 0 radical (unpaired) electrons. The molecule has 0 aliphatic rings. The van der Waals surface area contributed by atoms with E-state index in [1.165, 1.54) is 0 Å². The molecule has 0 amide bonds. The third-order valence-electron chi connectivity index (χ3n) is 3.93. The maximum absolute atomic E-state index is 12.0. The summed E-state index contributed by atoms with van der Waals surface area (Å²) in [5.41, 5.74) is 5.79. The van der Waals surface area contributed by atoms with E-state index in [1.807, 2.05) is 64.1 Å². The SMILES string of the molecule is Cc1ccc(C)c(-c2nc(-c3cc(C)ccc3C)[nH]c(=O)n2)c1. The number of hydrogen-bond acceptors (Lipinski definition) is 3. The number of aromatic amines is 1. The minimum atomic E-state index is -0.383. The first kappa shape index (κ1) is 15.2. The van der Waals surface area contributed by atoms with Gasteiger partial charge in [0.25, 0.3) is 0 Å². The highest BCUT2D eigenvalue weighted by Crippen LogP contribution is 2.24. The lowest BCUT2D eigenvalue weighted by Crippen LogP contribution is -2.15. The molecule has 0 fully saturated rings. The van der Waals surface area contributed by atoms with Gasteiger partial charge in [-0.25, -0.2) is 9.78 Å². The molecule has 23 heavy (non-hydrogen) atoms. The maximum atomic E-state index is 12.0. The fourth-order valence-corrected chi connectivity index (χ4v) is 2.60. The van der Waals surface area contributed by atoms with Crippen LogP contribution in [0.4, 0.5) is 0 Å². The van der Waals surface area contributed by atoms with E-state index in [0.29, 0.717) is 11.6 Å². The summed E-state index contributed by atoms with van der Waals surface area (Å²) >= 11 is 0. The highest BCUT2D eigenvalue weighted by atomic mass is 16.1. The van der Waals surface area contributed by atoms with Crippen molar-refractivity contribution in [3.63, 3.8) is 0 Å². The van der Waals surface area contributed by atoms with Gasteiger partial charge < -0.3 is 0 Å². The van der Waals surface area contributed by atoms with Gasteiger partial charge in [0, 0.05) is 11.1 Å². The van der Waals surface area contributed by atoms with Gasteiger partial charge in [-0.15, -0.1) is 0 Å². The van der Waals surface area contributed by atoms with Crippen LogP contribution in [0.3, 0.4) is 0 Å². The lowest BCUT2D eigenvalue weighted by molar-refractivity contribution is 0.999. The summed E-state index contributed by atoms with van der Waals surface area (Å²) in [6.07, 6.45) is 0. The van der Waals surface area contributed by atoms with Crippen molar-refractivity contribution in [2.45, 2.75) is 27.7 Å². The van der Waals surface area contributed by atoms with Gasteiger partial charge in [0.05, 0.1) is 0 Å². The number of rotatable bonds is 2. The van der Waals surface area contributed by atoms with Crippen molar-refractivity contribution in [3.8, 4) is 22.8 Å². The smallest absolute Gasteiger partial charge is 0.290 e. The molecule has 4 nitrogen and oxygen atoms in total. The van der Waals surface area contributed by atoms with E-state index in [2.05, 4.69) is 15.0 Å². The molecular weight excluding hydrogens is 286 g/mol. The van der Waals surface area contributed by atoms with Gasteiger partial charge in [-0.3, -0.25) is 4.98 Å². The van der Waals surface area contributed by atoms with Gasteiger partial charge >= 0.3 is 5.69 Å². The lowest BCUT2D eigenvalue weighted by atomic mass is 10.0. The van der Waals surface area contributed by atoms with Crippen LogP contribution in [-0.2, 0) is 0 Å². The quantitative estimate of drug-likeness (QED) is 0.784. The first-order chi connectivity index (χ1) is 10.9. The Labute approximate surface area is 135 Å². The van der Waals surface area contributed by atoms with Crippen molar-refractivity contribution < 1.29 is 0 Å². The van der Waals surface area contributed by atoms with E-state index in [4.69, 9.17) is 0 Å². The number of nitrogens with zero attached hydrogens (tertiary/aromatic N) is 2. The number of benzene rings is 2. The fraction of sp³-hybridized carbons (Fsp3) is 0.211. The number of hydrogen-bond donors (Lipinski definition) is 1. The van der Waals surface area contributed by atoms with Crippen molar-refractivity contribution in [2.24, 2.45) is 0 Å². The normalized spacial score (nSPS) is 10.8. The molecule has 0 aliphatic carbocycles. The second-order valence-electron chi connectivity index (χ2n) is 5.96. The van der Waals surface area contributed by atoms with E-state index in [1.54, 1.807) is 0 Å². The van der Waals surface area contributed by atoms with Crippen LogP contribution >= 0.6 is 0 Å². The minimum absolute atomic E-state index is 0.383. The first-order valence-corrected chi connectivity index (χ1v) is 7.57. The summed E-state index contributed by atoms with van der Waals surface area (Å²) in [4.78, 5) is 23.5. The monoisotopic (exact) mass is 305 g/mol. The minimum Gasteiger partial charge on any atom is -0.290 e. The fourth-order valence-electron chi connectivity index (χ4n) is 2.60. The van der Waals surface area contributed by atoms with Crippen LogP contribution in [0.25, 0.3) is 22.8 Å². The summed E-state index contributed by atoms with van der Waals surface area (Å²) < 4.78 is 0. The summed E-state index contributed by atoms with van der Waals surface area (Å²) in [7, 11) is 0. The Kier molecular flexibility index (Phi) is 3.82. The molecule has 1 N–H and O–H groups in total. The Morgan fingerprint density at radius 2 is 1.35 bits per heavy atom. The van der Waals surface area contributed by atoms with Gasteiger partial charge in [-0.1, -0.05) is 35.4 Å². The van der Waals surface area contributed by atoms with E-state index in [0.717, 1.165) is 33.4 Å². The molecule has 0 unspecified atom stereocenters. The van der Waals surface area contributed by atoms with Crippen molar-refractivity contribution in [1.82, 2.24) is 15.0 Å². The zero-order chi connectivity index (χ0) is 16.6. The van der Waals surface area contributed by atoms with Crippen LogP contribution in [0, 0.1) is 27.7 Å². The lowest BCUT2D eigenvalue weighted by Gasteiger charge is -2.09.